The molecule has 0 saturated heterocycles. The van der Waals surface area contributed by atoms with Crippen molar-refractivity contribution in [1.29, 1.82) is 0 Å². The summed E-state index contributed by atoms with van der Waals surface area (Å²) in [6.45, 7) is 19.3. The van der Waals surface area contributed by atoms with Crippen molar-refractivity contribution < 1.29 is 43.6 Å². The van der Waals surface area contributed by atoms with Gasteiger partial charge in [0.15, 0.2) is 0 Å². The molecule has 57 heavy (non-hydrogen) atoms. The molecule has 11 nitrogen and oxygen atoms in total. The lowest BCUT2D eigenvalue weighted by molar-refractivity contribution is -0.157. The number of aliphatic hydroxyl groups excluding tert-OH is 2. The maximum absolute atomic E-state index is 12.6. The third-order valence-electron chi connectivity index (χ3n) is 8.72. The minimum atomic E-state index is -1.11. The first kappa shape index (κ1) is 53.2. The molecule has 0 saturated carbocycles. The van der Waals surface area contributed by atoms with Crippen LogP contribution in [0.25, 0.3) is 0 Å². The molecule has 1 heterocycles. The molecule has 0 aromatic heterocycles. The molecule has 1 rings (SSSR count). The van der Waals surface area contributed by atoms with E-state index in [1.807, 2.05) is 63.0 Å². The van der Waals surface area contributed by atoms with Crippen LogP contribution in [0.1, 0.15) is 108 Å². The Bertz CT molecular complexity index is 1490. The molecule has 5 N–H and O–H groups in total. The fraction of sp³-hybridized carbons (Fsp3) is 0.556. The molecule has 320 valence electrons. The smallest absolute Gasteiger partial charge is 0.404 e. The zero-order valence-corrected chi connectivity index (χ0v) is 37.8. The Morgan fingerprint density at radius 1 is 0.965 bits per heavy atom. The summed E-state index contributed by atoms with van der Waals surface area (Å²) in [7, 11) is 0. The summed E-state index contributed by atoms with van der Waals surface area (Å²) >= 11 is 2.20. The second-order valence-corrected chi connectivity index (χ2v) is 15.8. The molecule has 0 radical (unpaired) electrons. The Balaban J connectivity index is 0.00000146. The van der Waals surface area contributed by atoms with Gasteiger partial charge in [0, 0.05) is 37.5 Å². The van der Waals surface area contributed by atoms with E-state index >= 15 is 0 Å². The van der Waals surface area contributed by atoms with Crippen LogP contribution in [-0.4, -0.2) is 64.7 Å². The molecule has 0 aliphatic carbocycles. The highest BCUT2D eigenvalue weighted by Gasteiger charge is 2.25. The summed E-state index contributed by atoms with van der Waals surface area (Å²) in [5, 5.41) is 23.2. The number of primary amides is 1. The largest absolute Gasteiger partial charge is 0.461 e. The van der Waals surface area contributed by atoms with Gasteiger partial charge in [-0.15, -0.1) is 0 Å². The van der Waals surface area contributed by atoms with E-state index in [1.54, 1.807) is 18.4 Å². The first-order valence-corrected chi connectivity index (χ1v) is 21.0. The molecule has 0 aromatic carbocycles. The Kier molecular flexibility index (Phi) is 28.3. The van der Waals surface area contributed by atoms with Crippen molar-refractivity contribution in [3.63, 3.8) is 0 Å². The van der Waals surface area contributed by atoms with E-state index < -0.39 is 36.5 Å². The first-order valence-electron chi connectivity index (χ1n) is 19.7. The molecule has 2 amide bonds. The van der Waals surface area contributed by atoms with Crippen LogP contribution in [0.3, 0.4) is 0 Å². The number of cyclic esters (lactones) is 1. The van der Waals surface area contributed by atoms with Gasteiger partial charge in [-0.25, -0.2) is 9.59 Å². The number of carbonyl (C=O) groups excluding carboxylic acids is 4. The van der Waals surface area contributed by atoms with E-state index in [0.29, 0.717) is 44.4 Å². The first-order chi connectivity index (χ1) is 26.8. The molecule has 0 spiro atoms. The summed E-state index contributed by atoms with van der Waals surface area (Å²) in [5.74, 6) is -0.350. The molecule has 0 bridgehead atoms. The van der Waals surface area contributed by atoms with Crippen LogP contribution in [0.5, 0.6) is 0 Å². The molecule has 0 fully saturated rings. The van der Waals surface area contributed by atoms with Gasteiger partial charge in [0.25, 0.3) is 0 Å². The van der Waals surface area contributed by atoms with Crippen LogP contribution in [-0.2, 0) is 28.6 Å². The molecule has 7 atom stereocenters. The van der Waals surface area contributed by atoms with Gasteiger partial charge in [-0.05, 0) is 69.0 Å². The van der Waals surface area contributed by atoms with Crippen molar-refractivity contribution in [2.45, 2.75) is 138 Å². The number of ether oxygens (including phenoxy) is 3. The number of esters is 2. The lowest BCUT2D eigenvalue weighted by Crippen LogP contribution is -2.32. The number of aliphatic hydroxyl groups is 2. The van der Waals surface area contributed by atoms with E-state index in [1.165, 1.54) is 30.7 Å². The average molecular weight is 909 g/mol. The van der Waals surface area contributed by atoms with E-state index in [0.717, 1.165) is 11.1 Å². The van der Waals surface area contributed by atoms with Gasteiger partial charge in [0.05, 0.1) is 12.0 Å². The summed E-state index contributed by atoms with van der Waals surface area (Å²) < 4.78 is 18.5. The molecular formula is C45H69IN2O9. The van der Waals surface area contributed by atoms with Crippen molar-refractivity contribution in [2.24, 2.45) is 29.4 Å². The maximum Gasteiger partial charge on any atom is 0.404 e. The van der Waals surface area contributed by atoms with Gasteiger partial charge in [-0.1, -0.05) is 136 Å². The topological polar surface area (TPSA) is 174 Å². The summed E-state index contributed by atoms with van der Waals surface area (Å²) in [4.78, 5) is 46.7. The van der Waals surface area contributed by atoms with E-state index in [9.17, 15) is 29.4 Å². The standard InChI is InChI=1S/C30H44N2O7.C15H25IO2/c1-21-11-7-5-9-13-27(39-30(31)37)26(35)16-15-25(34)12-8-6-10-14-29(36)38-28(20-21)23(3)19-22(2)17-18-32-24(4)33;1-10(2)14(18-15(17)11(3)4)13(6)9-12(5)7-8-16/h5,7,10-11,14-19,23,25-28,34-35H,6,8-9,12-13,20H2,1-4H3,(H2,31,37)(H,32,33);7-11,13-14H,1-6H3/b7-5+,14-10+,16-15+,18-17+,21-11+,22-19+;8-7+,12-9+. The lowest BCUT2D eigenvalue weighted by atomic mass is 9.92. The highest BCUT2D eigenvalue weighted by molar-refractivity contribution is 14.1. The number of allylic oxidation sites excluding steroid dienone is 8. The Morgan fingerprint density at radius 2 is 1.63 bits per heavy atom. The number of hydrogen-bond acceptors (Lipinski definition) is 9. The zero-order valence-electron chi connectivity index (χ0n) is 35.7. The normalized spacial score (nSPS) is 25.2. The summed E-state index contributed by atoms with van der Waals surface area (Å²) in [6, 6.07) is 0. The van der Waals surface area contributed by atoms with Gasteiger partial charge in [0.2, 0.25) is 5.91 Å². The van der Waals surface area contributed by atoms with E-state index in [4.69, 9.17) is 19.9 Å². The highest BCUT2D eigenvalue weighted by Crippen LogP contribution is 2.22. The second kappa shape index (κ2) is 30.3. The lowest BCUT2D eigenvalue weighted by Gasteiger charge is -2.26. The summed E-state index contributed by atoms with van der Waals surface area (Å²) in [6.07, 6.45) is 20.0. The molecule has 7 unspecified atom stereocenters. The number of rotatable bonds is 11. The molecule has 12 heteroatoms. The number of nitrogens with one attached hydrogen (secondary N) is 1. The van der Waals surface area contributed by atoms with E-state index in [2.05, 4.69) is 67.8 Å². The molecular weight excluding hydrogens is 839 g/mol. The molecule has 1 aliphatic rings. The van der Waals surface area contributed by atoms with Gasteiger partial charge >= 0.3 is 18.0 Å². The predicted octanol–water partition coefficient (Wildman–Crippen LogP) is 9.03. The van der Waals surface area contributed by atoms with Gasteiger partial charge < -0.3 is 35.5 Å². The third kappa shape index (κ3) is 26.7. The fourth-order valence-corrected chi connectivity index (χ4v) is 6.25. The minimum Gasteiger partial charge on any atom is -0.461 e. The van der Waals surface area contributed by atoms with Crippen molar-refractivity contribution in [1.82, 2.24) is 5.32 Å². The Hall–Kier alpha value is -3.75. The van der Waals surface area contributed by atoms with Crippen LogP contribution < -0.4 is 11.1 Å². The van der Waals surface area contributed by atoms with Gasteiger partial charge in [-0.3, -0.25) is 9.59 Å². The quantitative estimate of drug-likeness (QED) is 0.0519. The van der Waals surface area contributed by atoms with Crippen LogP contribution >= 0.6 is 22.6 Å². The Labute approximate surface area is 355 Å². The van der Waals surface area contributed by atoms with Crippen LogP contribution in [0.4, 0.5) is 4.79 Å². The monoisotopic (exact) mass is 908 g/mol. The van der Waals surface area contributed by atoms with Crippen LogP contribution in [0, 0.1) is 23.7 Å². The van der Waals surface area contributed by atoms with Crippen molar-refractivity contribution in [3.05, 3.63) is 93.8 Å². The number of amides is 2. The molecule has 0 aromatic rings. The predicted molar refractivity (Wildman–Crippen MR) is 237 cm³/mol. The number of carbonyl (C=O) groups is 4. The maximum atomic E-state index is 12.6. The van der Waals surface area contributed by atoms with Crippen molar-refractivity contribution >= 4 is 46.5 Å². The highest BCUT2D eigenvalue weighted by atomic mass is 127. The SMILES string of the molecule is CC(/C=C/I)=C\C(C)C(OC(=O)C(C)C)C(C)C.CC(=O)N/C=C/C(C)=C/C(C)C1C/C(C)=C/C=C/CCC(OC(N)=O)C(O)/C=C/C(O)CCC/C=C/C(=O)O1. The Morgan fingerprint density at radius 3 is 2.23 bits per heavy atom. The van der Waals surface area contributed by atoms with Gasteiger partial charge in [-0.2, -0.15) is 0 Å². The minimum absolute atomic E-state index is 0.0579. The summed E-state index contributed by atoms with van der Waals surface area (Å²) in [5.41, 5.74) is 8.27. The van der Waals surface area contributed by atoms with Gasteiger partial charge in [0.1, 0.15) is 24.4 Å². The van der Waals surface area contributed by atoms with Crippen molar-refractivity contribution in [3.8, 4) is 0 Å². The second-order valence-electron chi connectivity index (χ2n) is 15.1. The zero-order chi connectivity index (χ0) is 43.5. The number of hydrogen-bond donors (Lipinski definition) is 4. The van der Waals surface area contributed by atoms with Crippen molar-refractivity contribution in [2.75, 3.05) is 0 Å². The average Bonchev–Trinajstić information content (AvgIpc) is 3.10. The van der Waals surface area contributed by atoms with Crippen LogP contribution in [0.2, 0.25) is 0 Å². The van der Waals surface area contributed by atoms with Crippen LogP contribution in [0.15, 0.2) is 93.8 Å². The third-order valence-corrected chi connectivity index (χ3v) is 9.08. The number of nitrogens with two attached hydrogens (primary N) is 1. The number of halogens is 1. The fourth-order valence-electron chi connectivity index (χ4n) is 5.69. The van der Waals surface area contributed by atoms with E-state index in [-0.39, 0.29) is 35.7 Å². The molecule has 1 aliphatic heterocycles.